The molecule has 0 spiro atoms. The average Bonchev–Trinajstić information content (AvgIpc) is 2.14. The summed E-state index contributed by atoms with van der Waals surface area (Å²) in [5, 5.41) is 9.85. The van der Waals surface area contributed by atoms with E-state index < -0.39 is 0 Å². The van der Waals surface area contributed by atoms with Gasteiger partial charge in [-0.2, -0.15) is 0 Å². The molecule has 3 nitrogen and oxygen atoms in total. The molecule has 0 aliphatic rings. The second-order valence-electron chi connectivity index (χ2n) is 2.83. The zero-order chi connectivity index (χ0) is 10.7. The number of phenols is 1. The first kappa shape index (κ1) is 11.1. The van der Waals surface area contributed by atoms with Gasteiger partial charge in [-0.05, 0) is 18.6 Å². The number of halogens is 2. The highest BCUT2D eigenvalue weighted by Crippen LogP contribution is 2.31. The molecule has 14 heavy (non-hydrogen) atoms. The van der Waals surface area contributed by atoms with Gasteiger partial charge in [0.25, 0.3) is 0 Å². The van der Waals surface area contributed by atoms with Gasteiger partial charge in [0.1, 0.15) is 11.6 Å². The molecule has 1 aromatic carbocycles. The van der Waals surface area contributed by atoms with Crippen LogP contribution in [0.25, 0.3) is 0 Å². The molecule has 1 aromatic rings. The molecule has 0 amide bonds. The van der Waals surface area contributed by atoms with E-state index in [0.29, 0.717) is 16.3 Å². The fourth-order valence-electron chi connectivity index (χ4n) is 0.921. The van der Waals surface area contributed by atoms with Crippen LogP contribution in [-0.2, 0) is 0 Å². The highest BCUT2D eigenvalue weighted by molar-refractivity contribution is 6.33. The third kappa shape index (κ3) is 2.53. The van der Waals surface area contributed by atoms with Crippen LogP contribution in [-0.4, -0.2) is 16.8 Å². The lowest BCUT2D eigenvalue weighted by Gasteiger charge is -2.03. The van der Waals surface area contributed by atoms with Gasteiger partial charge in [0.05, 0.1) is 16.6 Å². The van der Waals surface area contributed by atoms with Gasteiger partial charge < -0.3 is 10.8 Å². The number of aliphatic imine (C=N–C) groups is 1. The van der Waals surface area contributed by atoms with Gasteiger partial charge in [0.15, 0.2) is 0 Å². The van der Waals surface area contributed by atoms with Crippen molar-refractivity contribution in [2.45, 2.75) is 6.92 Å². The van der Waals surface area contributed by atoms with Crippen LogP contribution >= 0.6 is 23.2 Å². The summed E-state index contributed by atoms with van der Waals surface area (Å²) in [6.45, 7) is 1.75. The molecule has 0 aromatic heterocycles. The molecular formula is C9H10Cl2N2O. The molecule has 3 N–H and O–H groups in total. The Morgan fingerprint density at radius 3 is 2.79 bits per heavy atom. The predicted molar refractivity (Wildman–Crippen MR) is 59.9 cm³/mol. The molecule has 0 saturated heterocycles. The molecule has 0 saturated carbocycles. The largest absolute Gasteiger partial charge is 0.508 e. The lowest BCUT2D eigenvalue weighted by Crippen LogP contribution is -2.12. The molecule has 76 valence electrons. The first-order valence-electron chi connectivity index (χ1n) is 3.92. The first-order valence-corrected chi connectivity index (χ1v) is 4.84. The van der Waals surface area contributed by atoms with Crippen molar-refractivity contribution in [1.29, 1.82) is 0 Å². The van der Waals surface area contributed by atoms with Crippen molar-refractivity contribution in [1.82, 2.24) is 0 Å². The Labute approximate surface area is 92.2 Å². The number of hydrogen-bond acceptors (Lipinski definition) is 2. The van der Waals surface area contributed by atoms with Gasteiger partial charge in [-0.15, -0.1) is 11.6 Å². The molecule has 0 heterocycles. The molecule has 0 aliphatic carbocycles. The minimum Gasteiger partial charge on any atom is -0.508 e. The molecule has 5 heteroatoms. The van der Waals surface area contributed by atoms with E-state index in [9.17, 15) is 5.11 Å². The van der Waals surface area contributed by atoms with Crippen LogP contribution in [0.2, 0.25) is 5.02 Å². The maximum Gasteiger partial charge on any atom is 0.120 e. The van der Waals surface area contributed by atoms with E-state index in [2.05, 4.69) is 4.99 Å². The van der Waals surface area contributed by atoms with Gasteiger partial charge in [-0.3, -0.25) is 0 Å². The van der Waals surface area contributed by atoms with E-state index in [4.69, 9.17) is 28.9 Å². The van der Waals surface area contributed by atoms with Gasteiger partial charge in [0.2, 0.25) is 0 Å². The van der Waals surface area contributed by atoms with Crippen molar-refractivity contribution >= 4 is 34.7 Å². The lowest BCUT2D eigenvalue weighted by molar-refractivity contribution is 0.471. The molecular weight excluding hydrogens is 223 g/mol. The number of nitrogens with two attached hydrogens (primary N) is 1. The number of benzene rings is 1. The Bertz CT molecular complexity index is 377. The standard InChI is InChI=1S/C9H10Cl2N2O/c1-5-2-6(11)7(3-8(5)14)13-9(12)4-10/h2-3,14H,4H2,1H3,(H2,12,13). The number of amidine groups is 1. The predicted octanol–water partition coefficient (Wildman–Crippen LogP) is 2.58. The third-order valence-electron chi connectivity index (χ3n) is 1.67. The molecule has 0 fully saturated rings. The van der Waals surface area contributed by atoms with Crippen LogP contribution < -0.4 is 5.73 Å². The minimum absolute atomic E-state index is 0.130. The van der Waals surface area contributed by atoms with Crippen molar-refractivity contribution < 1.29 is 5.11 Å². The van der Waals surface area contributed by atoms with E-state index in [-0.39, 0.29) is 17.5 Å². The molecule has 0 bridgehead atoms. The Morgan fingerprint density at radius 2 is 2.21 bits per heavy atom. The highest BCUT2D eigenvalue weighted by atomic mass is 35.5. The van der Waals surface area contributed by atoms with E-state index in [0.717, 1.165) is 0 Å². The number of hydrogen-bond donors (Lipinski definition) is 2. The SMILES string of the molecule is Cc1cc(Cl)c(N=C(N)CCl)cc1O. The normalized spacial score (nSPS) is 11.8. The maximum atomic E-state index is 9.41. The monoisotopic (exact) mass is 232 g/mol. The summed E-state index contributed by atoms with van der Waals surface area (Å²) in [5.41, 5.74) is 6.56. The van der Waals surface area contributed by atoms with Crippen LogP contribution in [0.1, 0.15) is 5.56 Å². The van der Waals surface area contributed by atoms with Crippen molar-refractivity contribution in [2.24, 2.45) is 10.7 Å². The van der Waals surface area contributed by atoms with E-state index in [1.807, 2.05) is 0 Å². The molecule has 0 unspecified atom stereocenters. The van der Waals surface area contributed by atoms with Crippen molar-refractivity contribution in [3.8, 4) is 5.75 Å². The van der Waals surface area contributed by atoms with E-state index >= 15 is 0 Å². The quantitative estimate of drug-likeness (QED) is 0.468. The molecule has 0 atom stereocenters. The van der Waals surface area contributed by atoms with Crippen molar-refractivity contribution in [3.63, 3.8) is 0 Å². The second-order valence-corrected chi connectivity index (χ2v) is 3.50. The fourth-order valence-corrected chi connectivity index (χ4v) is 1.24. The van der Waals surface area contributed by atoms with Crippen molar-refractivity contribution in [2.75, 3.05) is 5.88 Å². The lowest BCUT2D eigenvalue weighted by atomic mass is 10.2. The van der Waals surface area contributed by atoms with Gasteiger partial charge in [-0.25, -0.2) is 4.99 Å². The fraction of sp³-hybridized carbons (Fsp3) is 0.222. The smallest absolute Gasteiger partial charge is 0.120 e. The Hall–Kier alpha value is -0.930. The summed E-state index contributed by atoms with van der Waals surface area (Å²) in [4.78, 5) is 3.95. The summed E-state index contributed by atoms with van der Waals surface area (Å²) in [6, 6.07) is 3.08. The molecule has 1 rings (SSSR count). The molecule has 0 aliphatic heterocycles. The van der Waals surface area contributed by atoms with E-state index in [1.165, 1.54) is 6.07 Å². The Balaban J connectivity index is 3.16. The number of alkyl halides is 1. The Kier molecular flexibility index (Phi) is 3.61. The Morgan fingerprint density at radius 1 is 1.57 bits per heavy atom. The minimum atomic E-state index is 0.130. The van der Waals surface area contributed by atoms with Crippen LogP contribution in [0.4, 0.5) is 5.69 Å². The maximum absolute atomic E-state index is 9.41. The number of phenolic OH excluding ortho intramolecular Hbond substituents is 1. The van der Waals surface area contributed by atoms with Gasteiger partial charge in [0, 0.05) is 6.07 Å². The second kappa shape index (κ2) is 4.53. The van der Waals surface area contributed by atoms with Gasteiger partial charge in [-0.1, -0.05) is 11.6 Å². The summed E-state index contributed by atoms with van der Waals surface area (Å²) < 4.78 is 0. The van der Waals surface area contributed by atoms with Crippen LogP contribution in [0.3, 0.4) is 0 Å². The first-order chi connectivity index (χ1) is 6.54. The summed E-state index contributed by atoms with van der Waals surface area (Å²) in [6.07, 6.45) is 0. The molecule has 0 radical (unpaired) electrons. The van der Waals surface area contributed by atoms with Crippen LogP contribution in [0.15, 0.2) is 17.1 Å². The van der Waals surface area contributed by atoms with Crippen LogP contribution in [0, 0.1) is 6.92 Å². The number of aryl methyl sites for hydroxylation is 1. The third-order valence-corrected chi connectivity index (χ3v) is 2.24. The summed E-state index contributed by atoms with van der Waals surface area (Å²) >= 11 is 11.3. The number of nitrogens with zero attached hydrogens (tertiary/aromatic N) is 1. The summed E-state index contributed by atoms with van der Waals surface area (Å²) in [5.74, 6) is 0.526. The zero-order valence-electron chi connectivity index (χ0n) is 7.59. The highest BCUT2D eigenvalue weighted by Gasteiger charge is 2.04. The van der Waals surface area contributed by atoms with Crippen molar-refractivity contribution in [3.05, 3.63) is 22.7 Å². The number of aromatic hydroxyl groups is 1. The number of rotatable bonds is 2. The topological polar surface area (TPSA) is 58.6 Å². The average molecular weight is 233 g/mol. The summed E-state index contributed by atoms with van der Waals surface area (Å²) in [7, 11) is 0. The van der Waals surface area contributed by atoms with E-state index in [1.54, 1.807) is 13.0 Å². The van der Waals surface area contributed by atoms with Gasteiger partial charge >= 0.3 is 0 Å². The van der Waals surface area contributed by atoms with Crippen LogP contribution in [0.5, 0.6) is 5.75 Å². The zero-order valence-corrected chi connectivity index (χ0v) is 9.10.